The summed E-state index contributed by atoms with van der Waals surface area (Å²) in [7, 11) is 0. The Kier molecular flexibility index (Phi) is 6.76. The lowest BCUT2D eigenvalue weighted by atomic mass is 9.99. The van der Waals surface area contributed by atoms with Crippen LogP contribution in [0.2, 0.25) is 0 Å². The predicted molar refractivity (Wildman–Crippen MR) is 227 cm³/mol. The molecule has 0 bridgehead atoms. The summed E-state index contributed by atoms with van der Waals surface area (Å²) in [6.45, 7) is 0. The third-order valence-electron chi connectivity index (χ3n) is 10.6. The first-order chi connectivity index (χ1) is 26.3. The molecule has 0 radical (unpaired) electrons. The molecule has 2 heterocycles. The van der Waals surface area contributed by atoms with Crippen LogP contribution < -0.4 is 4.90 Å². The molecule has 3 heteroatoms. The van der Waals surface area contributed by atoms with Crippen molar-refractivity contribution in [3.05, 3.63) is 188 Å². The number of nitrogens with zero attached hydrogens (tertiary/aromatic N) is 1. The molecule has 53 heavy (non-hydrogen) atoms. The molecular formula is C50H31NOS. The number of thiophene rings is 1. The third kappa shape index (κ3) is 4.86. The number of fused-ring (bicyclic) bond motifs is 9. The summed E-state index contributed by atoms with van der Waals surface area (Å²) in [6, 6.07) is 68.0. The summed E-state index contributed by atoms with van der Waals surface area (Å²) in [5, 5.41) is 9.71. The van der Waals surface area contributed by atoms with Crippen molar-refractivity contribution in [1.29, 1.82) is 0 Å². The minimum absolute atomic E-state index is 0.879. The maximum atomic E-state index is 6.52. The van der Waals surface area contributed by atoms with E-state index >= 15 is 0 Å². The Bertz CT molecular complexity index is 3180. The SMILES string of the molecule is c1ccc(-c2ccc3c(c2)oc2ccc(N(c4ccc5c(ccc6ccccc65)c4)c4ccc(-c5ccccc5)c5sc6ccccc6c45)cc23)cc1. The molecule has 9 aromatic carbocycles. The van der Waals surface area contributed by atoms with Crippen molar-refractivity contribution in [3.8, 4) is 22.3 Å². The molecule has 11 rings (SSSR count). The predicted octanol–water partition coefficient (Wildman–Crippen LogP) is 15.1. The van der Waals surface area contributed by atoms with E-state index < -0.39 is 0 Å². The van der Waals surface area contributed by atoms with Gasteiger partial charge in [0.1, 0.15) is 11.2 Å². The highest BCUT2D eigenvalue weighted by Gasteiger charge is 2.22. The second-order valence-electron chi connectivity index (χ2n) is 13.7. The van der Waals surface area contributed by atoms with Gasteiger partial charge in [-0.1, -0.05) is 133 Å². The summed E-state index contributed by atoms with van der Waals surface area (Å²) in [5.74, 6) is 0. The molecule has 0 amide bonds. The molecule has 2 nitrogen and oxygen atoms in total. The summed E-state index contributed by atoms with van der Waals surface area (Å²) in [4.78, 5) is 2.45. The lowest BCUT2D eigenvalue weighted by Crippen LogP contribution is -2.10. The van der Waals surface area contributed by atoms with E-state index in [-0.39, 0.29) is 0 Å². The van der Waals surface area contributed by atoms with Gasteiger partial charge < -0.3 is 9.32 Å². The zero-order valence-electron chi connectivity index (χ0n) is 28.7. The van der Waals surface area contributed by atoms with E-state index in [1.165, 1.54) is 58.4 Å². The first-order valence-electron chi connectivity index (χ1n) is 18.0. The Hall–Kier alpha value is -6.68. The topological polar surface area (TPSA) is 16.4 Å². The molecule has 0 fully saturated rings. The van der Waals surface area contributed by atoms with E-state index in [2.05, 4.69) is 193 Å². The zero-order chi connectivity index (χ0) is 34.9. The average Bonchev–Trinajstić information content (AvgIpc) is 3.80. The van der Waals surface area contributed by atoms with E-state index in [9.17, 15) is 0 Å². The Morgan fingerprint density at radius 3 is 1.94 bits per heavy atom. The van der Waals surface area contributed by atoms with Crippen LogP contribution in [-0.2, 0) is 0 Å². The van der Waals surface area contributed by atoms with Gasteiger partial charge >= 0.3 is 0 Å². The van der Waals surface area contributed by atoms with Crippen LogP contribution in [0.4, 0.5) is 17.1 Å². The van der Waals surface area contributed by atoms with Crippen molar-refractivity contribution >= 4 is 92.1 Å². The van der Waals surface area contributed by atoms with Gasteiger partial charge in [-0.2, -0.15) is 0 Å². The van der Waals surface area contributed by atoms with Crippen LogP contribution in [0.5, 0.6) is 0 Å². The number of benzene rings is 9. The van der Waals surface area contributed by atoms with Gasteiger partial charge in [0.05, 0.1) is 5.69 Å². The van der Waals surface area contributed by atoms with Crippen LogP contribution in [0.3, 0.4) is 0 Å². The van der Waals surface area contributed by atoms with Crippen LogP contribution in [0.25, 0.3) is 85.9 Å². The largest absolute Gasteiger partial charge is 0.456 e. The fraction of sp³-hybridized carbons (Fsp3) is 0. The monoisotopic (exact) mass is 693 g/mol. The van der Waals surface area contributed by atoms with Crippen molar-refractivity contribution in [3.63, 3.8) is 0 Å². The van der Waals surface area contributed by atoms with Gasteiger partial charge in [0, 0.05) is 42.3 Å². The number of hydrogen-bond acceptors (Lipinski definition) is 3. The van der Waals surface area contributed by atoms with E-state index in [0.717, 1.165) is 44.6 Å². The molecule has 0 spiro atoms. The maximum absolute atomic E-state index is 6.52. The van der Waals surface area contributed by atoms with Gasteiger partial charge in [0.25, 0.3) is 0 Å². The third-order valence-corrected chi connectivity index (χ3v) is 11.8. The molecule has 0 aliphatic carbocycles. The van der Waals surface area contributed by atoms with Gasteiger partial charge in [-0.15, -0.1) is 11.3 Å². The van der Waals surface area contributed by atoms with Crippen molar-refractivity contribution in [1.82, 2.24) is 0 Å². The highest BCUT2D eigenvalue weighted by Crippen LogP contribution is 2.49. The summed E-state index contributed by atoms with van der Waals surface area (Å²) < 4.78 is 9.09. The summed E-state index contributed by atoms with van der Waals surface area (Å²) in [6.07, 6.45) is 0. The molecule has 11 aromatic rings. The highest BCUT2D eigenvalue weighted by atomic mass is 32.1. The first kappa shape index (κ1) is 30.0. The van der Waals surface area contributed by atoms with E-state index in [1.54, 1.807) is 0 Å². The fourth-order valence-corrected chi connectivity index (χ4v) is 9.38. The molecule has 2 aromatic heterocycles. The van der Waals surface area contributed by atoms with Crippen LogP contribution in [0, 0.1) is 0 Å². The Balaban J connectivity index is 1.17. The Morgan fingerprint density at radius 2 is 1.08 bits per heavy atom. The molecule has 0 aliphatic heterocycles. The zero-order valence-corrected chi connectivity index (χ0v) is 29.5. The first-order valence-corrected chi connectivity index (χ1v) is 18.8. The van der Waals surface area contributed by atoms with E-state index in [4.69, 9.17) is 4.42 Å². The number of anilines is 3. The molecule has 0 N–H and O–H groups in total. The van der Waals surface area contributed by atoms with Crippen molar-refractivity contribution in [2.24, 2.45) is 0 Å². The minimum Gasteiger partial charge on any atom is -0.456 e. The van der Waals surface area contributed by atoms with Crippen molar-refractivity contribution < 1.29 is 4.42 Å². The van der Waals surface area contributed by atoms with Crippen LogP contribution in [0.15, 0.2) is 192 Å². The summed E-state index contributed by atoms with van der Waals surface area (Å²) in [5.41, 5.74) is 9.90. The molecular weight excluding hydrogens is 663 g/mol. The van der Waals surface area contributed by atoms with Gasteiger partial charge in [-0.25, -0.2) is 0 Å². The standard InChI is InChI=1S/C50H31NOS/c1-3-11-32(12-4-1)35-21-24-42-44-31-38(23-28-46(44)52-47(42)30-35)51(37-22-25-40-36(29-37)20-19-34-15-7-8-16-39(34)40)45-27-26-41(33-13-5-2-6-14-33)50-49(45)43-17-9-10-18-48(43)53-50/h1-31H. The molecule has 0 saturated heterocycles. The fourth-order valence-electron chi connectivity index (χ4n) is 8.12. The van der Waals surface area contributed by atoms with Crippen LogP contribution >= 0.6 is 11.3 Å². The molecule has 0 aliphatic rings. The lowest BCUT2D eigenvalue weighted by molar-refractivity contribution is 0.669. The van der Waals surface area contributed by atoms with Gasteiger partial charge in [0.2, 0.25) is 0 Å². The quantitative estimate of drug-likeness (QED) is 0.167. The van der Waals surface area contributed by atoms with Gasteiger partial charge in [-0.3, -0.25) is 0 Å². The molecule has 0 unspecified atom stereocenters. The van der Waals surface area contributed by atoms with Gasteiger partial charge in [-0.05, 0) is 98.4 Å². The number of furan rings is 1. The number of hydrogen-bond donors (Lipinski definition) is 0. The van der Waals surface area contributed by atoms with Gasteiger partial charge in [0.15, 0.2) is 0 Å². The molecule has 248 valence electrons. The summed E-state index contributed by atoms with van der Waals surface area (Å²) >= 11 is 1.87. The lowest BCUT2D eigenvalue weighted by Gasteiger charge is -2.27. The van der Waals surface area contributed by atoms with Crippen LogP contribution in [0.1, 0.15) is 0 Å². The van der Waals surface area contributed by atoms with Crippen LogP contribution in [-0.4, -0.2) is 0 Å². The molecule has 0 saturated carbocycles. The maximum Gasteiger partial charge on any atom is 0.136 e. The second kappa shape index (κ2) is 11.9. The van der Waals surface area contributed by atoms with E-state index in [1.807, 2.05) is 11.3 Å². The smallest absolute Gasteiger partial charge is 0.136 e. The second-order valence-corrected chi connectivity index (χ2v) is 14.7. The average molecular weight is 694 g/mol. The minimum atomic E-state index is 0.879. The normalized spacial score (nSPS) is 11.8. The Labute approximate surface area is 310 Å². The Morgan fingerprint density at radius 1 is 0.396 bits per heavy atom. The van der Waals surface area contributed by atoms with E-state index in [0.29, 0.717) is 0 Å². The highest BCUT2D eigenvalue weighted by molar-refractivity contribution is 7.26. The van der Waals surface area contributed by atoms with Crippen molar-refractivity contribution in [2.45, 2.75) is 0 Å². The van der Waals surface area contributed by atoms with Crippen molar-refractivity contribution in [2.75, 3.05) is 4.90 Å². The number of rotatable bonds is 5. The molecule has 0 atom stereocenters.